The molecule has 3 rings (SSSR count). The Balaban J connectivity index is 1.98. The molecule has 1 aliphatic heterocycles. The van der Waals surface area contributed by atoms with E-state index in [2.05, 4.69) is 0 Å². The summed E-state index contributed by atoms with van der Waals surface area (Å²) in [5.41, 5.74) is 3.73. The van der Waals surface area contributed by atoms with Crippen molar-refractivity contribution in [1.82, 2.24) is 0 Å². The number of anilines is 1. The fourth-order valence-corrected chi connectivity index (χ4v) is 2.86. The molecule has 2 aromatic rings. The Bertz CT molecular complexity index is 699. The number of fused-ring (bicyclic) bond motifs is 1. The second kappa shape index (κ2) is 5.20. The van der Waals surface area contributed by atoms with Crippen LogP contribution in [0.2, 0.25) is 0 Å². The van der Waals surface area contributed by atoms with Gasteiger partial charge >= 0.3 is 5.97 Å². The summed E-state index contributed by atoms with van der Waals surface area (Å²) in [4.78, 5) is 13.4. The summed E-state index contributed by atoms with van der Waals surface area (Å²) in [5, 5.41) is 9.44. The average Bonchev–Trinajstić information content (AvgIpc) is 2.82. The van der Waals surface area contributed by atoms with Crippen LogP contribution in [-0.4, -0.2) is 17.1 Å². The Morgan fingerprint density at radius 1 is 1.33 bits per heavy atom. The van der Waals surface area contributed by atoms with Gasteiger partial charge in [-0.1, -0.05) is 24.3 Å². The molecule has 1 N–H and O–H groups in total. The Morgan fingerprint density at radius 2 is 2.10 bits per heavy atom. The van der Waals surface area contributed by atoms with Crippen LogP contribution in [0.5, 0.6) is 0 Å². The fraction of sp³-hybridized carbons (Fsp3) is 0.235. The molecule has 1 unspecified atom stereocenters. The maximum atomic E-state index is 13.4. The Labute approximate surface area is 122 Å². The molecule has 0 radical (unpaired) electrons. The first kappa shape index (κ1) is 13.6. The van der Waals surface area contributed by atoms with Crippen molar-refractivity contribution in [1.29, 1.82) is 0 Å². The zero-order valence-corrected chi connectivity index (χ0v) is 11.7. The van der Waals surface area contributed by atoms with E-state index in [0.717, 1.165) is 22.4 Å². The van der Waals surface area contributed by atoms with Gasteiger partial charge in [0.2, 0.25) is 0 Å². The van der Waals surface area contributed by atoms with E-state index in [1.54, 1.807) is 6.07 Å². The molecule has 0 bridgehead atoms. The summed E-state index contributed by atoms with van der Waals surface area (Å²) in [7, 11) is 0. The first-order valence-electron chi connectivity index (χ1n) is 6.88. The summed E-state index contributed by atoms with van der Waals surface area (Å²) >= 11 is 0. The lowest BCUT2D eigenvalue weighted by atomic mass is 10.1. The van der Waals surface area contributed by atoms with Crippen molar-refractivity contribution in [2.24, 2.45) is 0 Å². The molecular weight excluding hydrogens is 269 g/mol. The minimum absolute atomic E-state index is 0.296. The summed E-state index contributed by atoms with van der Waals surface area (Å²) in [5.74, 6) is -1.14. The van der Waals surface area contributed by atoms with E-state index in [9.17, 15) is 14.3 Å². The number of aliphatic carboxylic acids is 1. The molecule has 0 aromatic heterocycles. The number of carboxylic acid groups (broad SMARTS) is 1. The summed E-state index contributed by atoms with van der Waals surface area (Å²) < 4.78 is 13.4. The monoisotopic (exact) mass is 285 g/mol. The molecule has 0 spiro atoms. The molecule has 0 fully saturated rings. The third kappa shape index (κ3) is 2.49. The highest BCUT2D eigenvalue weighted by molar-refractivity contribution is 5.82. The molecule has 0 saturated carbocycles. The van der Waals surface area contributed by atoms with Crippen molar-refractivity contribution in [2.75, 3.05) is 4.90 Å². The van der Waals surface area contributed by atoms with Gasteiger partial charge in [0.15, 0.2) is 0 Å². The standard InChI is InChI=1S/C17H16FNO2/c1-11-6-7-14(18)8-13(11)10-19-15-5-3-2-4-12(15)9-16(19)17(20)21/h2-8,16H,9-10H2,1H3,(H,20,21). The molecule has 4 heteroatoms. The number of para-hydroxylation sites is 1. The van der Waals surface area contributed by atoms with E-state index in [0.29, 0.717) is 13.0 Å². The van der Waals surface area contributed by atoms with E-state index < -0.39 is 12.0 Å². The van der Waals surface area contributed by atoms with Crippen LogP contribution in [0.3, 0.4) is 0 Å². The third-order valence-corrected chi connectivity index (χ3v) is 4.03. The lowest BCUT2D eigenvalue weighted by molar-refractivity contribution is -0.138. The van der Waals surface area contributed by atoms with Gasteiger partial charge in [0.05, 0.1) is 0 Å². The Morgan fingerprint density at radius 3 is 2.86 bits per heavy atom. The number of carbonyl (C=O) groups is 1. The number of hydrogen-bond acceptors (Lipinski definition) is 2. The summed E-state index contributed by atoms with van der Waals surface area (Å²) in [6.07, 6.45) is 0.486. The maximum Gasteiger partial charge on any atom is 0.326 e. The summed E-state index contributed by atoms with van der Waals surface area (Å²) in [6, 6.07) is 11.7. The highest BCUT2D eigenvalue weighted by Gasteiger charge is 2.34. The number of nitrogens with zero attached hydrogens (tertiary/aromatic N) is 1. The number of carboxylic acids is 1. The molecule has 1 aliphatic rings. The number of halogens is 1. The molecule has 21 heavy (non-hydrogen) atoms. The first-order valence-corrected chi connectivity index (χ1v) is 6.88. The van der Waals surface area contributed by atoms with Crippen molar-refractivity contribution in [3.8, 4) is 0 Å². The van der Waals surface area contributed by atoms with Gasteiger partial charge in [0.1, 0.15) is 11.9 Å². The van der Waals surface area contributed by atoms with Crippen molar-refractivity contribution < 1.29 is 14.3 Å². The minimum Gasteiger partial charge on any atom is -0.480 e. The quantitative estimate of drug-likeness (QED) is 0.941. The van der Waals surface area contributed by atoms with Crippen LogP contribution in [0.4, 0.5) is 10.1 Å². The normalized spacial score (nSPS) is 16.9. The van der Waals surface area contributed by atoms with Crippen LogP contribution in [0.1, 0.15) is 16.7 Å². The highest BCUT2D eigenvalue weighted by atomic mass is 19.1. The van der Waals surface area contributed by atoms with E-state index in [1.807, 2.05) is 36.1 Å². The molecule has 2 aromatic carbocycles. The third-order valence-electron chi connectivity index (χ3n) is 4.03. The van der Waals surface area contributed by atoms with Gasteiger partial charge in [0.25, 0.3) is 0 Å². The van der Waals surface area contributed by atoms with Crippen LogP contribution in [0, 0.1) is 12.7 Å². The molecular formula is C17H16FNO2. The van der Waals surface area contributed by atoms with Gasteiger partial charge in [-0.2, -0.15) is 0 Å². The second-order valence-corrected chi connectivity index (χ2v) is 5.39. The van der Waals surface area contributed by atoms with E-state index >= 15 is 0 Å². The smallest absolute Gasteiger partial charge is 0.326 e. The van der Waals surface area contributed by atoms with Gasteiger partial charge in [-0.05, 0) is 41.8 Å². The van der Waals surface area contributed by atoms with Crippen molar-refractivity contribution in [3.63, 3.8) is 0 Å². The van der Waals surface area contributed by atoms with Crippen molar-refractivity contribution in [2.45, 2.75) is 25.9 Å². The molecule has 0 saturated heterocycles. The van der Waals surface area contributed by atoms with Gasteiger partial charge in [0, 0.05) is 18.7 Å². The zero-order valence-electron chi connectivity index (χ0n) is 11.7. The van der Waals surface area contributed by atoms with Crippen LogP contribution in [0.25, 0.3) is 0 Å². The summed E-state index contributed by atoms with van der Waals surface area (Å²) in [6.45, 7) is 2.31. The SMILES string of the molecule is Cc1ccc(F)cc1CN1c2ccccc2CC1C(=O)O. The molecule has 0 amide bonds. The van der Waals surface area contributed by atoms with E-state index in [1.165, 1.54) is 12.1 Å². The van der Waals surface area contributed by atoms with Crippen LogP contribution in [-0.2, 0) is 17.8 Å². The van der Waals surface area contributed by atoms with E-state index in [-0.39, 0.29) is 5.82 Å². The van der Waals surface area contributed by atoms with Crippen LogP contribution >= 0.6 is 0 Å². The lowest BCUT2D eigenvalue weighted by Gasteiger charge is -2.25. The predicted octanol–water partition coefficient (Wildman–Crippen LogP) is 3.15. The number of rotatable bonds is 3. The lowest BCUT2D eigenvalue weighted by Crippen LogP contribution is -2.38. The molecule has 1 heterocycles. The van der Waals surface area contributed by atoms with Crippen LogP contribution < -0.4 is 4.90 Å². The predicted molar refractivity (Wildman–Crippen MR) is 78.9 cm³/mol. The van der Waals surface area contributed by atoms with Gasteiger partial charge in [-0.25, -0.2) is 9.18 Å². The van der Waals surface area contributed by atoms with Gasteiger partial charge < -0.3 is 10.0 Å². The minimum atomic E-state index is -0.847. The largest absolute Gasteiger partial charge is 0.480 e. The Kier molecular flexibility index (Phi) is 3.37. The van der Waals surface area contributed by atoms with E-state index in [4.69, 9.17) is 0 Å². The van der Waals surface area contributed by atoms with Crippen molar-refractivity contribution >= 4 is 11.7 Å². The average molecular weight is 285 g/mol. The topological polar surface area (TPSA) is 40.5 Å². The van der Waals surface area contributed by atoms with Gasteiger partial charge in [-0.15, -0.1) is 0 Å². The second-order valence-electron chi connectivity index (χ2n) is 5.39. The van der Waals surface area contributed by atoms with Crippen molar-refractivity contribution in [3.05, 3.63) is 65.0 Å². The van der Waals surface area contributed by atoms with Gasteiger partial charge in [-0.3, -0.25) is 0 Å². The molecule has 1 atom stereocenters. The zero-order chi connectivity index (χ0) is 15.0. The maximum absolute atomic E-state index is 13.4. The Hall–Kier alpha value is -2.36. The molecule has 108 valence electrons. The highest BCUT2D eigenvalue weighted by Crippen LogP contribution is 2.33. The van der Waals surface area contributed by atoms with Crippen LogP contribution in [0.15, 0.2) is 42.5 Å². The number of hydrogen-bond donors (Lipinski definition) is 1. The fourth-order valence-electron chi connectivity index (χ4n) is 2.86. The first-order chi connectivity index (χ1) is 10.1. The number of aryl methyl sites for hydroxylation is 1. The number of benzene rings is 2. The molecule has 0 aliphatic carbocycles. The molecule has 3 nitrogen and oxygen atoms in total.